The maximum absolute atomic E-state index is 12.7. The Morgan fingerprint density at radius 3 is 2.75 bits per heavy atom. The number of rotatable bonds is 6. The van der Waals surface area contributed by atoms with E-state index in [0.29, 0.717) is 30.8 Å². The van der Waals surface area contributed by atoms with Crippen LogP contribution in [0.5, 0.6) is 0 Å². The molecule has 0 spiro atoms. The van der Waals surface area contributed by atoms with Crippen molar-refractivity contribution in [1.29, 1.82) is 0 Å². The molecule has 0 aliphatic carbocycles. The molecule has 2 aliphatic heterocycles. The van der Waals surface area contributed by atoms with Gasteiger partial charge in [-0.05, 0) is 42.3 Å². The lowest BCUT2D eigenvalue weighted by Gasteiger charge is -2.23. The van der Waals surface area contributed by atoms with E-state index in [0.717, 1.165) is 24.4 Å². The van der Waals surface area contributed by atoms with Crippen molar-refractivity contribution >= 4 is 21.6 Å². The number of hydrogen-bond donors (Lipinski definition) is 2. The van der Waals surface area contributed by atoms with Crippen molar-refractivity contribution in [2.75, 3.05) is 36.7 Å². The summed E-state index contributed by atoms with van der Waals surface area (Å²) in [6, 6.07) is 9.19. The van der Waals surface area contributed by atoms with Crippen LogP contribution in [0.15, 0.2) is 41.0 Å². The van der Waals surface area contributed by atoms with Crippen LogP contribution in [0.4, 0.5) is 5.69 Å². The predicted octanol–water partition coefficient (Wildman–Crippen LogP) is 0.752. The molecule has 0 saturated carbocycles. The molecule has 0 bridgehead atoms. The lowest BCUT2D eigenvalue weighted by Crippen LogP contribution is -3.11. The molecule has 1 fully saturated rings. The Balaban J connectivity index is 1.46. The zero-order valence-corrected chi connectivity index (χ0v) is 16.8. The molecule has 150 valence electrons. The number of anilines is 1. The molecule has 1 aromatic heterocycles. The fourth-order valence-electron chi connectivity index (χ4n) is 4.27. The summed E-state index contributed by atoms with van der Waals surface area (Å²) >= 11 is 0. The molecule has 1 amide bonds. The van der Waals surface area contributed by atoms with Gasteiger partial charge in [0.05, 0.1) is 37.8 Å². The number of carbonyl (C=O) groups excluding carboxylic acids is 1. The maximum Gasteiger partial charge on any atom is 0.251 e. The third-order valence-corrected chi connectivity index (χ3v) is 6.87. The van der Waals surface area contributed by atoms with Gasteiger partial charge >= 0.3 is 0 Å². The second-order valence-electron chi connectivity index (χ2n) is 7.57. The largest absolute Gasteiger partial charge is 0.463 e. The van der Waals surface area contributed by atoms with E-state index in [4.69, 9.17) is 4.42 Å². The summed E-state index contributed by atoms with van der Waals surface area (Å²) in [6.07, 6.45) is 5.90. The molecule has 1 saturated heterocycles. The summed E-state index contributed by atoms with van der Waals surface area (Å²) in [5.74, 6) is 0.755. The number of quaternary nitrogens is 1. The van der Waals surface area contributed by atoms with Crippen molar-refractivity contribution in [2.24, 2.45) is 0 Å². The standard InChI is InChI=1S/C20H25N3O4S/c1-28(25,26)23-11-8-15-13-16(6-7-17(15)23)20(24)21-14-18(19-5-4-12-27-19)22-9-2-3-10-22/h4-7,12-13,18H,2-3,8-11,14H2,1H3,(H,21,24)/p+1/t18-/m0/s1. The number of amides is 1. The van der Waals surface area contributed by atoms with Gasteiger partial charge in [-0.3, -0.25) is 9.10 Å². The smallest absolute Gasteiger partial charge is 0.251 e. The Bertz CT molecular complexity index is 950. The zero-order chi connectivity index (χ0) is 19.7. The van der Waals surface area contributed by atoms with Gasteiger partial charge in [0.1, 0.15) is 0 Å². The molecular weight excluding hydrogens is 378 g/mol. The minimum absolute atomic E-state index is 0.108. The monoisotopic (exact) mass is 404 g/mol. The summed E-state index contributed by atoms with van der Waals surface area (Å²) in [4.78, 5) is 14.2. The first-order chi connectivity index (χ1) is 13.4. The zero-order valence-electron chi connectivity index (χ0n) is 16.0. The molecule has 7 nitrogen and oxygen atoms in total. The van der Waals surface area contributed by atoms with Gasteiger partial charge in [-0.25, -0.2) is 8.42 Å². The third-order valence-electron chi connectivity index (χ3n) is 5.69. The van der Waals surface area contributed by atoms with Crippen LogP contribution >= 0.6 is 0 Å². The van der Waals surface area contributed by atoms with E-state index in [9.17, 15) is 13.2 Å². The van der Waals surface area contributed by atoms with E-state index in [-0.39, 0.29) is 11.9 Å². The normalized spacial score (nSPS) is 18.2. The van der Waals surface area contributed by atoms with E-state index in [2.05, 4.69) is 5.32 Å². The Hall–Kier alpha value is -2.32. The quantitative estimate of drug-likeness (QED) is 0.744. The van der Waals surface area contributed by atoms with Gasteiger partial charge in [0.15, 0.2) is 11.8 Å². The van der Waals surface area contributed by atoms with Gasteiger partial charge in [-0.2, -0.15) is 0 Å². The Kier molecular flexibility index (Phi) is 5.16. The van der Waals surface area contributed by atoms with E-state index >= 15 is 0 Å². The molecule has 8 heteroatoms. The topological polar surface area (TPSA) is 84.1 Å². The molecule has 1 aromatic carbocycles. The first-order valence-electron chi connectivity index (χ1n) is 9.70. The van der Waals surface area contributed by atoms with Gasteiger partial charge in [-0.1, -0.05) is 0 Å². The van der Waals surface area contributed by atoms with Gasteiger partial charge in [-0.15, -0.1) is 0 Å². The summed E-state index contributed by atoms with van der Waals surface area (Å²) < 4.78 is 30.7. The first-order valence-corrected chi connectivity index (χ1v) is 11.5. The predicted molar refractivity (Wildman–Crippen MR) is 106 cm³/mol. The molecular formula is C20H26N3O4S+. The number of likely N-dealkylation sites (tertiary alicyclic amines) is 1. The lowest BCUT2D eigenvalue weighted by molar-refractivity contribution is -0.919. The van der Waals surface area contributed by atoms with Crippen molar-refractivity contribution in [3.05, 3.63) is 53.5 Å². The number of furan rings is 1. The van der Waals surface area contributed by atoms with Crippen molar-refractivity contribution in [1.82, 2.24) is 5.32 Å². The number of fused-ring (bicyclic) bond motifs is 1. The van der Waals surface area contributed by atoms with E-state index in [1.807, 2.05) is 12.1 Å². The molecule has 1 atom stereocenters. The fraction of sp³-hybridized carbons (Fsp3) is 0.450. The van der Waals surface area contributed by atoms with Crippen molar-refractivity contribution < 1.29 is 22.5 Å². The maximum atomic E-state index is 12.7. The minimum Gasteiger partial charge on any atom is -0.463 e. The second kappa shape index (κ2) is 7.60. The van der Waals surface area contributed by atoms with Gasteiger partial charge in [0.25, 0.3) is 5.91 Å². The molecule has 2 N–H and O–H groups in total. The SMILES string of the molecule is CS(=O)(=O)N1CCc2cc(C(=O)NC[C@@H](c3ccco3)[NH+]3CCCC3)ccc21. The van der Waals surface area contributed by atoms with Gasteiger partial charge in [0.2, 0.25) is 10.0 Å². The number of benzene rings is 1. The summed E-state index contributed by atoms with van der Waals surface area (Å²) in [5.41, 5.74) is 2.13. The van der Waals surface area contributed by atoms with Crippen LogP contribution in [0.3, 0.4) is 0 Å². The number of nitrogens with zero attached hydrogens (tertiary/aromatic N) is 1. The lowest BCUT2D eigenvalue weighted by atomic mass is 10.1. The molecule has 28 heavy (non-hydrogen) atoms. The highest BCUT2D eigenvalue weighted by atomic mass is 32.2. The van der Waals surface area contributed by atoms with Crippen LogP contribution in [0.2, 0.25) is 0 Å². The fourth-order valence-corrected chi connectivity index (χ4v) is 5.23. The van der Waals surface area contributed by atoms with E-state index in [1.165, 1.54) is 28.3 Å². The summed E-state index contributed by atoms with van der Waals surface area (Å²) in [7, 11) is -3.29. The molecule has 0 radical (unpaired) electrons. The van der Waals surface area contributed by atoms with Gasteiger partial charge < -0.3 is 14.6 Å². The van der Waals surface area contributed by atoms with Gasteiger partial charge in [0, 0.05) is 24.9 Å². The molecule has 2 aromatic rings. The number of sulfonamides is 1. The highest BCUT2D eigenvalue weighted by Crippen LogP contribution is 2.30. The molecule has 3 heterocycles. The minimum atomic E-state index is -3.29. The highest BCUT2D eigenvalue weighted by molar-refractivity contribution is 7.92. The molecule has 0 unspecified atom stereocenters. The molecule has 2 aliphatic rings. The summed E-state index contributed by atoms with van der Waals surface area (Å²) in [6.45, 7) is 3.11. The summed E-state index contributed by atoms with van der Waals surface area (Å²) in [5, 5.41) is 3.05. The van der Waals surface area contributed by atoms with Crippen LogP contribution in [0.1, 0.15) is 40.6 Å². The van der Waals surface area contributed by atoms with Crippen molar-refractivity contribution in [3.63, 3.8) is 0 Å². The average Bonchev–Trinajstić information content (AvgIpc) is 3.41. The van der Waals surface area contributed by atoms with Crippen molar-refractivity contribution in [3.8, 4) is 0 Å². The van der Waals surface area contributed by atoms with Crippen LogP contribution in [0.25, 0.3) is 0 Å². The first kappa shape index (κ1) is 19.0. The average molecular weight is 405 g/mol. The Morgan fingerprint density at radius 1 is 1.29 bits per heavy atom. The van der Waals surface area contributed by atoms with Crippen LogP contribution in [0, 0.1) is 0 Å². The van der Waals surface area contributed by atoms with Crippen LogP contribution < -0.4 is 14.5 Å². The third kappa shape index (κ3) is 3.79. The highest BCUT2D eigenvalue weighted by Gasteiger charge is 2.30. The van der Waals surface area contributed by atoms with Crippen LogP contribution in [-0.2, 0) is 16.4 Å². The van der Waals surface area contributed by atoms with E-state index < -0.39 is 10.0 Å². The van der Waals surface area contributed by atoms with E-state index in [1.54, 1.807) is 24.5 Å². The van der Waals surface area contributed by atoms with Crippen molar-refractivity contribution in [2.45, 2.75) is 25.3 Å². The molecule has 4 rings (SSSR count). The second-order valence-corrected chi connectivity index (χ2v) is 9.48. The Morgan fingerprint density at radius 2 is 2.07 bits per heavy atom. The Labute approximate surface area is 165 Å². The number of nitrogens with one attached hydrogen (secondary N) is 2. The number of carbonyl (C=O) groups is 1. The van der Waals surface area contributed by atoms with Crippen LogP contribution in [-0.4, -0.2) is 46.8 Å². The number of hydrogen-bond acceptors (Lipinski definition) is 4.